The molecule has 0 heterocycles. The number of ether oxygens (including phenoxy) is 1. The molecule has 1 atom stereocenters. The maximum Gasteiger partial charge on any atom is 0.258 e. The number of nitrogens with one attached hydrogen (secondary N) is 1. The number of amides is 1. The van der Waals surface area contributed by atoms with E-state index in [2.05, 4.69) is 5.32 Å². The monoisotopic (exact) mass is 397 g/mol. The number of aryl methyl sites for hydroxylation is 1. The van der Waals surface area contributed by atoms with Gasteiger partial charge in [0.1, 0.15) is 11.5 Å². The minimum Gasteiger partial charge on any atom is -0.508 e. The molecule has 0 spiro atoms. The van der Waals surface area contributed by atoms with E-state index in [-0.39, 0.29) is 18.3 Å². The number of benzene rings is 4. The third kappa shape index (κ3) is 4.13. The van der Waals surface area contributed by atoms with Crippen LogP contribution in [0.2, 0.25) is 0 Å². The summed E-state index contributed by atoms with van der Waals surface area (Å²) in [6, 6.07) is 28.1. The lowest BCUT2D eigenvalue weighted by molar-refractivity contribution is -0.123. The molecule has 2 N–H and O–H groups in total. The highest BCUT2D eigenvalue weighted by atomic mass is 16.5. The molecular formula is C26H23NO3. The van der Waals surface area contributed by atoms with Gasteiger partial charge >= 0.3 is 0 Å². The van der Waals surface area contributed by atoms with Crippen molar-refractivity contribution in [3.63, 3.8) is 0 Å². The van der Waals surface area contributed by atoms with E-state index in [0.717, 1.165) is 21.9 Å². The van der Waals surface area contributed by atoms with Crippen molar-refractivity contribution in [3.05, 3.63) is 108 Å². The average Bonchev–Trinajstić information content (AvgIpc) is 2.78. The van der Waals surface area contributed by atoms with E-state index >= 15 is 0 Å². The number of phenolic OH excluding ortho intramolecular Hbond substituents is 1. The third-order valence-electron chi connectivity index (χ3n) is 5.13. The third-order valence-corrected chi connectivity index (χ3v) is 5.13. The lowest BCUT2D eigenvalue weighted by Crippen LogP contribution is -2.33. The number of rotatable bonds is 6. The Bertz CT molecular complexity index is 1170. The molecule has 0 aliphatic carbocycles. The van der Waals surface area contributed by atoms with Crippen LogP contribution >= 0.6 is 0 Å². The molecule has 0 fully saturated rings. The van der Waals surface area contributed by atoms with E-state index in [1.807, 2.05) is 91.9 Å². The summed E-state index contributed by atoms with van der Waals surface area (Å²) in [5.74, 6) is 0.555. The zero-order valence-corrected chi connectivity index (χ0v) is 16.7. The SMILES string of the molecule is Cc1ccccc1OCC(=O)NC(c1ccccc1)c1c(O)ccc2ccccc12. The van der Waals surface area contributed by atoms with Crippen LogP contribution in [0.5, 0.6) is 11.5 Å². The van der Waals surface area contributed by atoms with Crippen LogP contribution in [-0.4, -0.2) is 17.6 Å². The number of carbonyl (C=O) groups excluding carboxylic acids is 1. The van der Waals surface area contributed by atoms with E-state index in [0.29, 0.717) is 11.3 Å². The van der Waals surface area contributed by atoms with Gasteiger partial charge in [0.2, 0.25) is 0 Å². The van der Waals surface area contributed by atoms with Gasteiger partial charge in [-0.1, -0.05) is 78.9 Å². The van der Waals surface area contributed by atoms with Gasteiger partial charge in [0, 0.05) is 5.56 Å². The fourth-order valence-electron chi connectivity index (χ4n) is 3.62. The summed E-state index contributed by atoms with van der Waals surface area (Å²) >= 11 is 0. The van der Waals surface area contributed by atoms with Crippen molar-refractivity contribution in [1.29, 1.82) is 0 Å². The Kier molecular flexibility index (Phi) is 5.66. The van der Waals surface area contributed by atoms with Gasteiger partial charge in [0.15, 0.2) is 6.61 Å². The van der Waals surface area contributed by atoms with Crippen molar-refractivity contribution in [2.75, 3.05) is 6.61 Å². The number of hydrogen-bond acceptors (Lipinski definition) is 3. The Hall–Kier alpha value is -3.79. The Morgan fingerprint density at radius 1 is 0.900 bits per heavy atom. The standard InChI is InChI=1S/C26H23NO3/c1-18-9-5-8-14-23(18)30-17-24(29)27-26(20-11-3-2-4-12-20)25-21-13-7-6-10-19(21)15-16-22(25)28/h2-16,26,28H,17H2,1H3,(H,27,29). The van der Waals surface area contributed by atoms with Crippen LogP contribution < -0.4 is 10.1 Å². The first-order valence-electron chi connectivity index (χ1n) is 9.87. The highest BCUT2D eigenvalue weighted by molar-refractivity contribution is 5.89. The molecule has 4 aromatic rings. The Morgan fingerprint density at radius 3 is 2.40 bits per heavy atom. The summed E-state index contributed by atoms with van der Waals surface area (Å²) in [4.78, 5) is 12.8. The van der Waals surface area contributed by atoms with E-state index < -0.39 is 6.04 Å². The quantitative estimate of drug-likeness (QED) is 0.474. The molecule has 0 aliphatic rings. The first-order valence-corrected chi connectivity index (χ1v) is 9.87. The normalized spacial score (nSPS) is 11.8. The largest absolute Gasteiger partial charge is 0.508 e. The highest BCUT2D eigenvalue weighted by Gasteiger charge is 2.22. The number of carbonyl (C=O) groups is 1. The number of hydrogen-bond donors (Lipinski definition) is 2. The van der Waals surface area contributed by atoms with Gasteiger partial charge in [0.25, 0.3) is 5.91 Å². The zero-order chi connectivity index (χ0) is 20.9. The number of para-hydroxylation sites is 1. The van der Waals surface area contributed by atoms with Crippen molar-refractivity contribution < 1.29 is 14.6 Å². The van der Waals surface area contributed by atoms with Crippen LogP contribution in [0.4, 0.5) is 0 Å². The Balaban J connectivity index is 1.66. The topological polar surface area (TPSA) is 58.6 Å². The van der Waals surface area contributed by atoms with Crippen LogP contribution in [0.1, 0.15) is 22.7 Å². The molecular weight excluding hydrogens is 374 g/mol. The van der Waals surface area contributed by atoms with Crippen molar-refractivity contribution in [1.82, 2.24) is 5.32 Å². The van der Waals surface area contributed by atoms with Gasteiger partial charge in [-0.25, -0.2) is 0 Å². The number of fused-ring (bicyclic) bond motifs is 1. The van der Waals surface area contributed by atoms with Crippen LogP contribution in [0.3, 0.4) is 0 Å². The summed E-state index contributed by atoms with van der Waals surface area (Å²) in [6.07, 6.45) is 0. The molecule has 150 valence electrons. The van der Waals surface area contributed by atoms with Crippen molar-refractivity contribution in [3.8, 4) is 11.5 Å². The zero-order valence-electron chi connectivity index (χ0n) is 16.7. The Labute approximate surface area is 175 Å². The van der Waals surface area contributed by atoms with Gasteiger partial charge in [-0.2, -0.15) is 0 Å². The lowest BCUT2D eigenvalue weighted by atomic mass is 9.92. The second-order valence-electron chi connectivity index (χ2n) is 7.18. The molecule has 4 heteroatoms. The van der Waals surface area contributed by atoms with Gasteiger partial charge in [-0.3, -0.25) is 4.79 Å². The molecule has 1 amide bonds. The molecule has 0 saturated carbocycles. The summed E-state index contributed by atoms with van der Waals surface area (Å²) in [7, 11) is 0. The molecule has 4 rings (SSSR count). The average molecular weight is 397 g/mol. The molecule has 4 nitrogen and oxygen atoms in total. The molecule has 0 aromatic heterocycles. The van der Waals surface area contributed by atoms with Gasteiger partial charge < -0.3 is 15.2 Å². The summed E-state index contributed by atoms with van der Waals surface area (Å²) in [5, 5.41) is 15.7. The van der Waals surface area contributed by atoms with Crippen LogP contribution in [0.25, 0.3) is 10.8 Å². The lowest BCUT2D eigenvalue weighted by Gasteiger charge is -2.23. The van der Waals surface area contributed by atoms with Crippen LogP contribution in [0, 0.1) is 6.92 Å². The second kappa shape index (κ2) is 8.70. The molecule has 0 radical (unpaired) electrons. The maximum absolute atomic E-state index is 12.8. The van der Waals surface area contributed by atoms with E-state index in [1.165, 1.54) is 0 Å². The van der Waals surface area contributed by atoms with E-state index in [1.54, 1.807) is 6.07 Å². The van der Waals surface area contributed by atoms with Gasteiger partial charge in [-0.15, -0.1) is 0 Å². The molecule has 1 unspecified atom stereocenters. The molecule has 0 saturated heterocycles. The first kappa shape index (κ1) is 19.5. The molecule has 0 bridgehead atoms. The number of phenols is 1. The Morgan fingerprint density at radius 2 is 1.60 bits per heavy atom. The second-order valence-corrected chi connectivity index (χ2v) is 7.18. The minimum atomic E-state index is -0.509. The van der Waals surface area contributed by atoms with Gasteiger partial charge in [0.05, 0.1) is 6.04 Å². The molecule has 30 heavy (non-hydrogen) atoms. The predicted octanol–water partition coefficient (Wildman–Crippen LogP) is 5.14. The fourth-order valence-corrected chi connectivity index (χ4v) is 3.62. The predicted molar refractivity (Wildman–Crippen MR) is 119 cm³/mol. The fraction of sp³-hybridized carbons (Fsp3) is 0.115. The van der Waals surface area contributed by atoms with Crippen molar-refractivity contribution in [2.45, 2.75) is 13.0 Å². The summed E-state index contributed by atoms with van der Waals surface area (Å²) < 4.78 is 5.71. The number of aromatic hydroxyl groups is 1. The van der Waals surface area contributed by atoms with E-state index in [4.69, 9.17) is 4.74 Å². The minimum absolute atomic E-state index is 0.111. The van der Waals surface area contributed by atoms with Crippen LogP contribution in [-0.2, 0) is 4.79 Å². The maximum atomic E-state index is 12.8. The first-order chi connectivity index (χ1) is 14.6. The highest BCUT2D eigenvalue weighted by Crippen LogP contribution is 2.35. The summed E-state index contributed by atoms with van der Waals surface area (Å²) in [5.41, 5.74) is 2.52. The molecule has 0 aliphatic heterocycles. The summed E-state index contributed by atoms with van der Waals surface area (Å²) in [6.45, 7) is 1.83. The van der Waals surface area contributed by atoms with Crippen molar-refractivity contribution >= 4 is 16.7 Å². The smallest absolute Gasteiger partial charge is 0.258 e. The van der Waals surface area contributed by atoms with Crippen molar-refractivity contribution in [2.24, 2.45) is 0 Å². The van der Waals surface area contributed by atoms with Gasteiger partial charge in [-0.05, 0) is 41.0 Å². The molecule has 4 aromatic carbocycles. The van der Waals surface area contributed by atoms with Crippen LogP contribution in [0.15, 0.2) is 91.0 Å². The van der Waals surface area contributed by atoms with E-state index in [9.17, 15) is 9.90 Å².